The van der Waals surface area contributed by atoms with Crippen molar-refractivity contribution >= 4 is 17.5 Å². The Morgan fingerprint density at radius 3 is 2.33 bits per heavy atom. The van der Waals surface area contributed by atoms with Crippen LogP contribution in [0.4, 0.5) is 0 Å². The number of benzene rings is 1. The quantitative estimate of drug-likeness (QED) is 0.359. The summed E-state index contributed by atoms with van der Waals surface area (Å²) in [6.45, 7) is 4.56. The van der Waals surface area contributed by atoms with Crippen molar-refractivity contribution in [3.05, 3.63) is 29.8 Å². The third-order valence-corrected chi connectivity index (χ3v) is 2.49. The Kier molecular flexibility index (Phi) is 6.26. The summed E-state index contributed by atoms with van der Waals surface area (Å²) >= 11 is 0. The molecule has 0 fully saturated rings. The summed E-state index contributed by atoms with van der Waals surface area (Å²) < 4.78 is 15.1. The summed E-state index contributed by atoms with van der Waals surface area (Å²) in [5, 5.41) is 9.88. The third kappa shape index (κ3) is 4.52. The number of methoxy groups -OCH3 is 1. The Hall–Kier alpha value is -2.50. The minimum absolute atomic E-state index is 0.333. The Bertz CT molecular complexity index is 547. The van der Waals surface area contributed by atoms with Gasteiger partial charge in [0.2, 0.25) is 0 Å². The molecule has 6 nitrogen and oxygen atoms in total. The molecule has 0 amide bonds. The zero-order valence-electron chi connectivity index (χ0n) is 12.2. The largest absolute Gasteiger partial charge is 0.507 e. The molecular formula is C15H18O6. The molecule has 6 heteroatoms. The number of hydrogen-bond acceptors (Lipinski definition) is 6. The number of aliphatic hydroxyl groups excluding tert-OH is 1. The van der Waals surface area contributed by atoms with Crippen molar-refractivity contribution in [2.75, 3.05) is 20.3 Å². The fourth-order valence-corrected chi connectivity index (χ4v) is 1.58. The Balaban J connectivity index is 3.07. The lowest BCUT2D eigenvalue weighted by Crippen LogP contribution is -2.13. The van der Waals surface area contributed by atoms with E-state index in [0.29, 0.717) is 30.3 Å². The number of ketones is 1. The van der Waals surface area contributed by atoms with Gasteiger partial charge in [-0.05, 0) is 32.0 Å². The van der Waals surface area contributed by atoms with Crippen LogP contribution >= 0.6 is 0 Å². The molecule has 114 valence electrons. The molecule has 0 radical (unpaired) electrons. The maximum atomic E-state index is 11.4. The van der Waals surface area contributed by atoms with Gasteiger partial charge in [-0.25, -0.2) is 4.79 Å². The van der Waals surface area contributed by atoms with Crippen LogP contribution in [0.25, 0.3) is 5.76 Å². The molecule has 0 atom stereocenters. The Morgan fingerprint density at radius 2 is 1.76 bits per heavy atom. The second kappa shape index (κ2) is 7.94. The van der Waals surface area contributed by atoms with E-state index in [4.69, 9.17) is 9.47 Å². The molecule has 0 spiro atoms. The van der Waals surface area contributed by atoms with E-state index in [1.165, 1.54) is 6.07 Å². The minimum Gasteiger partial charge on any atom is -0.507 e. The lowest BCUT2D eigenvalue weighted by Gasteiger charge is -2.12. The number of carbonyl (C=O) groups is 2. The maximum Gasteiger partial charge on any atom is 0.378 e. The van der Waals surface area contributed by atoms with Crippen molar-refractivity contribution in [1.29, 1.82) is 0 Å². The van der Waals surface area contributed by atoms with E-state index in [0.717, 1.165) is 13.2 Å². The second-order valence-electron chi connectivity index (χ2n) is 3.91. The summed E-state index contributed by atoms with van der Waals surface area (Å²) in [4.78, 5) is 22.4. The molecule has 1 aromatic rings. The van der Waals surface area contributed by atoms with Crippen molar-refractivity contribution in [3.63, 3.8) is 0 Å². The molecule has 0 saturated carbocycles. The lowest BCUT2D eigenvalue weighted by atomic mass is 10.1. The number of hydrogen-bond donors (Lipinski definition) is 1. The number of rotatable bonds is 7. The number of esters is 1. The van der Waals surface area contributed by atoms with Crippen LogP contribution in [0.5, 0.6) is 11.5 Å². The highest BCUT2D eigenvalue weighted by atomic mass is 16.5. The summed E-state index contributed by atoms with van der Waals surface area (Å²) in [5.41, 5.74) is 0.333. The standard InChI is InChI=1S/C15H18O6/c1-4-20-13-7-6-10(8-14(13)21-5-2)11(16)9-12(17)15(18)19-3/h6-9,16H,4-5H2,1-3H3. The molecule has 0 heterocycles. The van der Waals surface area contributed by atoms with Crippen molar-refractivity contribution in [3.8, 4) is 11.5 Å². The van der Waals surface area contributed by atoms with E-state index in [1.807, 2.05) is 13.8 Å². The highest BCUT2D eigenvalue weighted by Crippen LogP contribution is 2.30. The van der Waals surface area contributed by atoms with Crippen molar-refractivity contribution in [1.82, 2.24) is 0 Å². The van der Waals surface area contributed by atoms with Crippen LogP contribution in [0, 0.1) is 0 Å². The monoisotopic (exact) mass is 294 g/mol. The first kappa shape index (κ1) is 16.6. The highest BCUT2D eigenvalue weighted by molar-refractivity contribution is 6.39. The van der Waals surface area contributed by atoms with Gasteiger partial charge in [0.25, 0.3) is 5.78 Å². The molecule has 1 N–H and O–H groups in total. The van der Waals surface area contributed by atoms with E-state index in [1.54, 1.807) is 12.1 Å². The lowest BCUT2D eigenvalue weighted by molar-refractivity contribution is -0.149. The first-order chi connectivity index (χ1) is 10.0. The van der Waals surface area contributed by atoms with Gasteiger partial charge in [-0.2, -0.15) is 0 Å². The molecular weight excluding hydrogens is 276 g/mol. The Morgan fingerprint density at radius 1 is 1.14 bits per heavy atom. The minimum atomic E-state index is -1.04. The van der Waals surface area contributed by atoms with Crippen LogP contribution in [0.1, 0.15) is 19.4 Å². The van der Waals surface area contributed by atoms with Crippen LogP contribution in [0.2, 0.25) is 0 Å². The van der Waals surface area contributed by atoms with Gasteiger partial charge in [0.1, 0.15) is 5.76 Å². The molecule has 0 unspecified atom stereocenters. The van der Waals surface area contributed by atoms with E-state index < -0.39 is 11.8 Å². The number of aliphatic hydroxyl groups is 1. The van der Waals surface area contributed by atoms with Gasteiger partial charge in [0.05, 0.1) is 20.3 Å². The zero-order valence-corrected chi connectivity index (χ0v) is 12.2. The summed E-state index contributed by atoms with van der Waals surface area (Å²) in [6.07, 6.45) is 0.803. The first-order valence-corrected chi connectivity index (χ1v) is 6.46. The fraction of sp³-hybridized carbons (Fsp3) is 0.333. The van der Waals surface area contributed by atoms with Gasteiger partial charge < -0.3 is 19.3 Å². The summed E-state index contributed by atoms with van der Waals surface area (Å²) in [7, 11) is 1.09. The number of carbonyl (C=O) groups excluding carboxylic acids is 2. The van der Waals surface area contributed by atoms with Crippen LogP contribution in [-0.2, 0) is 14.3 Å². The van der Waals surface area contributed by atoms with Crippen molar-refractivity contribution in [2.24, 2.45) is 0 Å². The van der Waals surface area contributed by atoms with Crippen LogP contribution in [0.3, 0.4) is 0 Å². The van der Waals surface area contributed by atoms with Crippen molar-refractivity contribution < 1.29 is 28.9 Å². The van der Waals surface area contributed by atoms with Gasteiger partial charge in [-0.3, -0.25) is 4.79 Å². The van der Waals surface area contributed by atoms with Gasteiger partial charge in [0.15, 0.2) is 11.5 Å². The predicted molar refractivity (Wildman–Crippen MR) is 76.4 cm³/mol. The van der Waals surface area contributed by atoms with Gasteiger partial charge in [-0.1, -0.05) is 0 Å². The van der Waals surface area contributed by atoms with Crippen LogP contribution in [0.15, 0.2) is 24.3 Å². The molecule has 0 bridgehead atoms. The van der Waals surface area contributed by atoms with Gasteiger partial charge >= 0.3 is 5.97 Å². The molecule has 1 aromatic carbocycles. The van der Waals surface area contributed by atoms with E-state index in [2.05, 4.69) is 4.74 Å². The van der Waals surface area contributed by atoms with E-state index >= 15 is 0 Å². The zero-order chi connectivity index (χ0) is 15.8. The molecule has 0 aliphatic carbocycles. The molecule has 0 aliphatic heterocycles. The second-order valence-corrected chi connectivity index (χ2v) is 3.91. The molecule has 1 rings (SSSR count). The summed E-state index contributed by atoms with van der Waals surface area (Å²) in [6, 6.07) is 4.71. The first-order valence-electron chi connectivity index (χ1n) is 6.46. The molecule has 0 saturated heterocycles. The van der Waals surface area contributed by atoms with Crippen molar-refractivity contribution in [2.45, 2.75) is 13.8 Å². The highest BCUT2D eigenvalue weighted by Gasteiger charge is 2.14. The smallest absolute Gasteiger partial charge is 0.378 e. The normalized spacial score (nSPS) is 10.9. The molecule has 0 aromatic heterocycles. The maximum absolute atomic E-state index is 11.4. The number of ether oxygens (including phenoxy) is 3. The fourth-order valence-electron chi connectivity index (χ4n) is 1.58. The van der Waals surface area contributed by atoms with Crippen LogP contribution < -0.4 is 9.47 Å². The van der Waals surface area contributed by atoms with E-state index in [-0.39, 0.29) is 5.76 Å². The topological polar surface area (TPSA) is 82.1 Å². The third-order valence-electron chi connectivity index (χ3n) is 2.49. The van der Waals surface area contributed by atoms with E-state index in [9.17, 15) is 14.7 Å². The van der Waals surface area contributed by atoms with Gasteiger partial charge in [-0.15, -0.1) is 0 Å². The Labute approximate surface area is 122 Å². The molecule has 21 heavy (non-hydrogen) atoms. The van der Waals surface area contributed by atoms with Gasteiger partial charge in [0, 0.05) is 11.6 Å². The molecule has 0 aliphatic rings. The predicted octanol–water partition coefficient (Wildman–Crippen LogP) is 2.12. The average molecular weight is 294 g/mol. The summed E-state index contributed by atoms with van der Waals surface area (Å²) in [5.74, 6) is -1.36. The average Bonchev–Trinajstić information content (AvgIpc) is 2.48. The SMILES string of the molecule is CCOc1ccc(C(O)=CC(=O)C(=O)OC)cc1OCC. The van der Waals surface area contributed by atoms with Crippen LogP contribution in [-0.4, -0.2) is 37.2 Å².